The Labute approximate surface area is 191 Å². The van der Waals surface area contributed by atoms with Gasteiger partial charge < -0.3 is 15.2 Å². The molecule has 3 aromatic rings. The van der Waals surface area contributed by atoms with Crippen LogP contribution < -0.4 is 15.7 Å². The SMILES string of the molecule is Cn1c(C(C)(C)O)nn(-c2ccc(C(=O)Nc3c(F)cccc3Cl)c(OCC(F)F)c2)c1=O. The van der Waals surface area contributed by atoms with Gasteiger partial charge in [-0.25, -0.2) is 18.0 Å². The first-order chi connectivity index (χ1) is 15.4. The summed E-state index contributed by atoms with van der Waals surface area (Å²) in [4.78, 5) is 25.4. The quantitative estimate of drug-likeness (QED) is 0.535. The van der Waals surface area contributed by atoms with Gasteiger partial charge in [0.2, 0.25) is 0 Å². The van der Waals surface area contributed by atoms with Crippen LogP contribution >= 0.6 is 11.6 Å². The number of hydrogen-bond acceptors (Lipinski definition) is 5. The zero-order valence-electron chi connectivity index (χ0n) is 17.8. The normalized spacial score (nSPS) is 11.7. The average molecular weight is 485 g/mol. The summed E-state index contributed by atoms with van der Waals surface area (Å²) in [7, 11) is 1.41. The molecule has 1 amide bonds. The van der Waals surface area contributed by atoms with Crippen LogP contribution in [0.2, 0.25) is 5.02 Å². The van der Waals surface area contributed by atoms with Gasteiger partial charge in [0, 0.05) is 13.1 Å². The van der Waals surface area contributed by atoms with Crippen molar-refractivity contribution in [2.75, 3.05) is 11.9 Å². The predicted octanol–water partition coefficient (Wildman–Crippen LogP) is 3.49. The van der Waals surface area contributed by atoms with Crippen LogP contribution in [0.1, 0.15) is 30.0 Å². The summed E-state index contributed by atoms with van der Waals surface area (Å²) in [5.41, 5.74) is -2.46. The third-order valence-corrected chi connectivity index (χ3v) is 4.86. The Kier molecular flexibility index (Phi) is 6.84. The highest BCUT2D eigenvalue weighted by Crippen LogP contribution is 2.28. The minimum Gasteiger partial charge on any atom is -0.487 e. The Morgan fingerprint density at radius 2 is 2.00 bits per heavy atom. The van der Waals surface area contributed by atoms with Crippen LogP contribution in [0.3, 0.4) is 0 Å². The van der Waals surface area contributed by atoms with Crippen LogP contribution in [0.4, 0.5) is 18.9 Å². The van der Waals surface area contributed by atoms with Crippen LogP contribution in [0.15, 0.2) is 41.2 Å². The molecule has 12 heteroatoms. The zero-order valence-corrected chi connectivity index (χ0v) is 18.5. The van der Waals surface area contributed by atoms with Crippen molar-refractivity contribution in [3.8, 4) is 11.4 Å². The minimum absolute atomic E-state index is 0.0542. The molecule has 3 rings (SSSR count). The van der Waals surface area contributed by atoms with Gasteiger partial charge in [-0.3, -0.25) is 9.36 Å². The number of ether oxygens (including phenoxy) is 1. The standard InChI is InChI=1S/C21H20ClF3N4O4/c1-21(2,32)19-27-29(20(31)28(19)3)11-7-8-12(15(9-11)33-10-16(24)25)18(30)26-17-13(22)5-4-6-14(17)23/h4-9,16,32H,10H2,1-3H3,(H,26,30). The maximum Gasteiger partial charge on any atom is 0.350 e. The Hall–Kier alpha value is -3.31. The van der Waals surface area contributed by atoms with Crippen molar-refractivity contribution >= 4 is 23.2 Å². The number of benzene rings is 2. The molecule has 1 aromatic heterocycles. The first-order valence-electron chi connectivity index (χ1n) is 9.59. The fraction of sp³-hybridized carbons (Fsp3) is 0.286. The fourth-order valence-corrected chi connectivity index (χ4v) is 3.25. The van der Waals surface area contributed by atoms with E-state index in [9.17, 15) is 27.9 Å². The van der Waals surface area contributed by atoms with Gasteiger partial charge in [-0.2, -0.15) is 4.68 Å². The number of aromatic nitrogens is 3. The second-order valence-corrected chi connectivity index (χ2v) is 7.98. The van der Waals surface area contributed by atoms with Gasteiger partial charge in [-0.05, 0) is 38.1 Å². The molecule has 0 radical (unpaired) electrons. The van der Waals surface area contributed by atoms with Gasteiger partial charge in [0.15, 0.2) is 5.82 Å². The van der Waals surface area contributed by atoms with Crippen molar-refractivity contribution in [3.05, 3.63) is 69.1 Å². The van der Waals surface area contributed by atoms with E-state index in [1.807, 2.05) is 0 Å². The maximum atomic E-state index is 14.0. The van der Waals surface area contributed by atoms with Crippen LogP contribution in [-0.4, -0.2) is 38.4 Å². The molecule has 1 heterocycles. The number of nitrogens with one attached hydrogen (secondary N) is 1. The number of hydrogen-bond donors (Lipinski definition) is 2. The lowest BCUT2D eigenvalue weighted by Gasteiger charge is -2.15. The third kappa shape index (κ3) is 5.20. The number of alkyl halides is 2. The maximum absolute atomic E-state index is 14.0. The molecule has 33 heavy (non-hydrogen) atoms. The van der Waals surface area contributed by atoms with Crippen molar-refractivity contribution < 1.29 is 27.8 Å². The number of halogens is 4. The van der Waals surface area contributed by atoms with E-state index in [2.05, 4.69) is 10.4 Å². The molecule has 0 saturated carbocycles. The zero-order chi connectivity index (χ0) is 24.5. The summed E-state index contributed by atoms with van der Waals surface area (Å²) in [6.07, 6.45) is -2.84. The molecule has 0 saturated heterocycles. The monoisotopic (exact) mass is 484 g/mol. The molecule has 2 aromatic carbocycles. The highest BCUT2D eigenvalue weighted by atomic mass is 35.5. The Balaban J connectivity index is 2.05. The first-order valence-corrected chi connectivity index (χ1v) is 9.97. The van der Waals surface area contributed by atoms with E-state index in [0.717, 1.165) is 15.3 Å². The topological polar surface area (TPSA) is 98.4 Å². The molecule has 0 aliphatic carbocycles. The molecule has 0 unspecified atom stereocenters. The van der Waals surface area contributed by atoms with E-state index in [-0.39, 0.29) is 33.5 Å². The number of aliphatic hydroxyl groups is 1. The molecule has 0 atom stereocenters. The van der Waals surface area contributed by atoms with Crippen molar-refractivity contribution in [2.24, 2.45) is 7.05 Å². The molecule has 0 spiro atoms. The highest BCUT2D eigenvalue weighted by Gasteiger charge is 2.26. The lowest BCUT2D eigenvalue weighted by molar-refractivity contribution is 0.0649. The van der Waals surface area contributed by atoms with Crippen LogP contribution in [0.5, 0.6) is 5.75 Å². The number of carbonyl (C=O) groups excluding carboxylic acids is 1. The molecule has 8 nitrogen and oxygen atoms in total. The number of rotatable bonds is 7. The average Bonchev–Trinajstić information content (AvgIpc) is 3.04. The second-order valence-electron chi connectivity index (χ2n) is 7.57. The summed E-state index contributed by atoms with van der Waals surface area (Å²) < 4.78 is 46.8. The number of nitrogens with zero attached hydrogens (tertiary/aromatic N) is 3. The smallest absolute Gasteiger partial charge is 0.350 e. The van der Waals surface area contributed by atoms with Gasteiger partial charge in [0.25, 0.3) is 12.3 Å². The van der Waals surface area contributed by atoms with E-state index in [1.165, 1.54) is 51.2 Å². The molecule has 0 aliphatic heterocycles. The molecular weight excluding hydrogens is 465 g/mol. The van der Waals surface area contributed by atoms with Crippen molar-refractivity contribution in [2.45, 2.75) is 25.9 Å². The van der Waals surface area contributed by atoms with Gasteiger partial charge >= 0.3 is 5.69 Å². The van der Waals surface area contributed by atoms with E-state index in [4.69, 9.17) is 16.3 Å². The summed E-state index contributed by atoms with van der Waals surface area (Å²) >= 11 is 5.93. The summed E-state index contributed by atoms with van der Waals surface area (Å²) in [6.45, 7) is 1.85. The van der Waals surface area contributed by atoms with Gasteiger partial charge in [0.05, 0.1) is 22.0 Å². The molecule has 0 aliphatic rings. The Morgan fingerprint density at radius 3 is 2.58 bits per heavy atom. The number of carbonyl (C=O) groups is 1. The van der Waals surface area contributed by atoms with Crippen LogP contribution in [0, 0.1) is 5.82 Å². The number of amides is 1. The molecule has 176 valence electrons. The fourth-order valence-electron chi connectivity index (χ4n) is 3.04. The summed E-state index contributed by atoms with van der Waals surface area (Å²) in [6, 6.07) is 7.52. The van der Waals surface area contributed by atoms with E-state index >= 15 is 0 Å². The van der Waals surface area contributed by atoms with Crippen LogP contribution in [-0.2, 0) is 12.6 Å². The largest absolute Gasteiger partial charge is 0.487 e. The summed E-state index contributed by atoms with van der Waals surface area (Å²) in [5.74, 6) is -1.90. The third-order valence-electron chi connectivity index (χ3n) is 4.55. The van der Waals surface area contributed by atoms with Gasteiger partial charge in [-0.1, -0.05) is 17.7 Å². The molecule has 0 fully saturated rings. The van der Waals surface area contributed by atoms with Crippen LogP contribution in [0.25, 0.3) is 5.69 Å². The lowest BCUT2D eigenvalue weighted by atomic mass is 10.1. The van der Waals surface area contributed by atoms with Gasteiger partial charge in [-0.15, -0.1) is 5.10 Å². The Morgan fingerprint density at radius 1 is 1.30 bits per heavy atom. The predicted molar refractivity (Wildman–Crippen MR) is 115 cm³/mol. The number of anilines is 1. The van der Waals surface area contributed by atoms with E-state index in [0.29, 0.717) is 0 Å². The molecular formula is C21H20ClF3N4O4. The highest BCUT2D eigenvalue weighted by molar-refractivity contribution is 6.34. The van der Waals surface area contributed by atoms with Crippen molar-refractivity contribution in [1.29, 1.82) is 0 Å². The van der Waals surface area contributed by atoms with Crippen molar-refractivity contribution in [3.63, 3.8) is 0 Å². The molecule has 2 N–H and O–H groups in total. The van der Waals surface area contributed by atoms with E-state index < -0.39 is 36.0 Å². The van der Waals surface area contributed by atoms with E-state index in [1.54, 1.807) is 0 Å². The van der Waals surface area contributed by atoms with Gasteiger partial charge in [0.1, 0.15) is 23.8 Å². The Bertz CT molecular complexity index is 1230. The molecule has 0 bridgehead atoms. The first kappa shape index (κ1) is 24.3. The summed E-state index contributed by atoms with van der Waals surface area (Å²) in [5, 5.41) is 16.5. The van der Waals surface area contributed by atoms with Crippen molar-refractivity contribution in [1.82, 2.24) is 14.3 Å². The minimum atomic E-state index is -2.84. The lowest BCUT2D eigenvalue weighted by Crippen LogP contribution is -2.26. The second kappa shape index (κ2) is 9.28. The number of para-hydroxylation sites is 1.